The highest BCUT2D eigenvalue weighted by Crippen LogP contribution is 2.07. The molecule has 0 fully saturated rings. The number of nitrogens with one attached hydrogen (secondary N) is 2. The normalized spacial score (nSPS) is 11.4. The van der Waals surface area contributed by atoms with Gasteiger partial charge in [0.2, 0.25) is 10.0 Å². The summed E-state index contributed by atoms with van der Waals surface area (Å²) in [6.07, 6.45) is 2.52. The summed E-state index contributed by atoms with van der Waals surface area (Å²) in [5.74, 6) is -0.524. The molecule has 0 unspecified atom stereocenters. The van der Waals surface area contributed by atoms with E-state index in [1.807, 2.05) is 6.92 Å². The predicted molar refractivity (Wildman–Crippen MR) is 82.8 cm³/mol. The molecule has 0 saturated carbocycles. The van der Waals surface area contributed by atoms with E-state index in [0.717, 1.165) is 23.0 Å². The van der Waals surface area contributed by atoms with Gasteiger partial charge in [-0.15, -0.1) is 0 Å². The molecule has 0 atom stereocenters. The Labute approximate surface area is 125 Å². The van der Waals surface area contributed by atoms with Crippen LogP contribution in [-0.4, -0.2) is 56.6 Å². The maximum absolute atomic E-state index is 11.9. The SMILES string of the molecule is CCCNc1ccnc(C(=O)NCCS(=O)(=O)N(C)C)c1. The first-order chi connectivity index (χ1) is 9.86. The number of hydrogen-bond acceptors (Lipinski definition) is 5. The van der Waals surface area contributed by atoms with Crippen molar-refractivity contribution < 1.29 is 13.2 Å². The molecule has 0 aliphatic carbocycles. The lowest BCUT2D eigenvalue weighted by atomic mass is 10.3. The van der Waals surface area contributed by atoms with E-state index >= 15 is 0 Å². The summed E-state index contributed by atoms with van der Waals surface area (Å²) < 4.78 is 24.3. The molecule has 0 aromatic carbocycles. The largest absolute Gasteiger partial charge is 0.385 e. The van der Waals surface area contributed by atoms with Gasteiger partial charge in [-0.3, -0.25) is 9.78 Å². The second-order valence-electron chi connectivity index (χ2n) is 4.71. The summed E-state index contributed by atoms with van der Waals surface area (Å²) >= 11 is 0. The van der Waals surface area contributed by atoms with Gasteiger partial charge < -0.3 is 10.6 Å². The number of anilines is 1. The van der Waals surface area contributed by atoms with Crippen molar-refractivity contribution >= 4 is 21.6 Å². The van der Waals surface area contributed by atoms with Crippen molar-refractivity contribution in [3.8, 4) is 0 Å². The van der Waals surface area contributed by atoms with Crippen molar-refractivity contribution in [2.45, 2.75) is 13.3 Å². The van der Waals surface area contributed by atoms with E-state index in [0.29, 0.717) is 0 Å². The number of pyridine rings is 1. The molecule has 1 rings (SSSR count). The van der Waals surface area contributed by atoms with Gasteiger partial charge in [0.25, 0.3) is 5.91 Å². The van der Waals surface area contributed by atoms with E-state index in [9.17, 15) is 13.2 Å². The first-order valence-corrected chi connectivity index (χ1v) is 8.36. The molecule has 2 N–H and O–H groups in total. The van der Waals surface area contributed by atoms with Gasteiger partial charge in [0, 0.05) is 39.1 Å². The summed E-state index contributed by atoms with van der Waals surface area (Å²) in [4.78, 5) is 15.9. The minimum absolute atomic E-state index is 0.0492. The third-order valence-corrected chi connectivity index (χ3v) is 4.61. The number of aromatic nitrogens is 1. The van der Waals surface area contributed by atoms with Crippen molar-refractivity contribution in [3.63, 3.8) is 0 Å². The Hall–Kier alpha value is -1.67. The molecular formula is C13H22N4O3S. The molecule has 0 radical (unpaired) electrons. The molecule has 8 heteroatoms. The van der Waals surface area contributed by atoms with Crippen molar-refractivity contribution in [1.82, 2.24) is 14.6 Å². The topological polar surface area (TPSA) is 91.4 Å². The molecule has 1 heterocycles. The fraction of sp³-hybridized carbons (Fsp3) is 0.538. The molecule has 0 aliphatic rings. The van der Waals surface area contributed by atoms with Gasteiger partial charge in [-0.05, 0) is 18.6 Å². The maximum Gasteiger partial charge on any atom is 0.269 e. The summed E-state index contributed by atoms with van der Waals surface area (Å²) in [5, 5.41) is 5.72. The van der Waals surface area contributed by atoms with Crippen LogP contribution in [0.4, 0.5) is 5.69 Å². The number of sulfonamides is 1. The standard InChI is InChI=1S/C13H22N4O3S/c1-4-6-14-11-5-7-15-12(10-11)13(18)16-8-9-21(19,20)17(2)3/h5,7,10H,4,6,8-9H2,1-3H3,(H,14,15)(H,16,18). The molecule has 0 aliphatic heterocycles. The Bertz CT molecular complexity index is 573. The number of carbonyl (C=O) groups excluding carboxylic acids is 1. The summed E-state index contributed by atoms with van der Waals surface area (Å²) in [7, 11) is -0.391. The number of carbonyl (C=O) groups is 1. The van der Waals surface area contributed by atoms with Crippen LogP contribution in [0.25, 0.3) is 0 Å². The molecule has 1 aromatic heterocycles. The first-order valence-electron chi connectivity index (χ1n) is 6.75. The van der Waals surface area contributed by atoms with Gasteiger partial charge in [0.1, 0.15) is 5.69 Å². The number of hydrogen-bond donors (Lipinski definition) is 2. The zero-order valence-electron chi connectivity index (χ0n) is 12.6. The minimum Gasteiger partial charge on any atom is -0.385 e. The molecule has 7 nitrogen and oxygen atoms in total. The Morgan fingerprint density at radius 1 is 1.33 bits per heavy atom. The first kappa shape index (κ1) is 17.4. The van der Waals surface area contributed by atoms with E-state index in [-0.39, 0.29) is 23.9 Å². The van der Waals surface area contributed by atoms with Gasteiger partial charge in [0.05, 0.1) is 5.75 Å². The van der Waals surface area contributed by atoms with E-state index in [1.165, 1.54) is 14.1 Å². The Kier molecular flexibility index (Phi) is 6.57. The predicted octanol–water partition coefficient (Wildman–Crippen LogP) is 0.525. The van der Waals surface area contributed by atoms with Crippen LogP contribution in [-0.2, 0) is 10.0 Å². The third-order valence-electron chi connectivity index (χ3n) is 2.77. The van der Waals surface area contributed by atoms with Crippen LogP contribution < -0.4 is 10.6 Å². The Balaban J connectivity index is 2.56. The van der Waals surface area contributed by atoms with Crippen LogP contribution in [0.1, 0.15) is 23.8 Å². The summed E-state index contributed by atoms with van der Waals surface area (Å²) in [5.41, 5.74) is 1.08. The zero-order chi connectivity index (χ0) is 15.9. The van der Waals surface area contributed by atoms with Gasteiger partial charge in [-0.2, -0.15) is 0 Å². The van der Waals surface area contributed by atoms with Crippen molar-refractivity contribution in [2.75, 3.05) is 38.3 Å². The highest BCUT2D eigenvalue weighted by molar-refractivity contribution is 7.89. The Morgan fingerprint density at radius 2 is 2.05 bits per heavy atom. The summed E-state index contributed by atoms with van der Waals surface area (Å²) in [6, 6.07) is 3.42. The van der Waals surface area contributed by atoms with Crippen LogP contribution in [0.15, 0.2) is 18.3 Å². The molecule has 0 bridgehead atoms. The summed E-state index contributed by atoms with van der Waals surface area (Å²) in [6.45, 7) is 2.91. The molecule has 0 spiro atoms. The van der Waals surface area contributed by atoms with Gasteiger partial charge in [-0.1, -0.05) is 6.92 Å². The lowest BCUT2D eigenvalue weighted by Crippen LogP contribution is -2.34. The number of nitrogens with zero attached hydrogens (tertiary/aromatic N) is 2. The molecular weight excluding hydrogens is 292 g/mol. The van der Waals surface area contributed by atoms with Crippen LogP contribution in [0.2, 0.25) is 0 Å². The van der Waals surface area contributed by atoms with Gasteiger partial charge >= 0.3 is 0 Å². The number of amides is 1. The molecule has 1 amide bonds. The van der Waals surface area contributed by atoms with Gasteiger partial charge in [0.15, 0.2) is 0 Å². The van der Waals surface area contributed by atoms with E-state index < -0.39 is 10.0 Å². The monoisotopic (exact) mass is 314 g/mol. The van der Waals surface area contributed by atoms with E-state index in [2.05, 4.69) is 15.6 Å². The molecule has 21 heavy (non-hydrogen) atoms. The quantitative estimate of drug-likeness (QED) is 0.730. The number of rotatable bonds is 8. The van der Waals surface area contributed by atoms with Gasteiger partial charge in [-0.25, -0.2) is 12.7 Å². The molecule has 0 saturated heterocycles. The van der Waals surface area contributed by atoms with Crippen LogP contribution in [0.5, 0.6) is 0 Å². The average molecular weight is 314 g/mol. The Morgan fingerprint density at radius 3 is 2.67 bits per heavy atom. The van der Waals surface area contributed by atoms with Crippen molar-refractivity contribution in [2.24, 2.45) is 0 Å². The van der Waals surface area contributed by atoms with Crippen molar-refractivity contribution in [1.29, 1.82) is 0 Å². The molecule has 118 valence electrons. The van der Waals surface area contributed by atoms with E-state index in [1.54, 1.807) is 18.3 Å². The second-order valence-corrected chi connectivity index (χ2v) is 7.01. The lowest BCUT2D eigenvalue weighted by molar-refractivity contribution is 0.0951. The fourth-order valence-electron chi connectivity index (χ4n) is 1.50. The maximum atomic E-state index is 11.9. The fourth-order valence-corrected chi connectivity index (χ4v) is 2.23. The van der Waals surface area contributed by atoms with Crippen molar-refractivity contribution in [3.05, 3.63) is 24.0 Å². The average Bonchev–Trinajstić information content (AvgIpc) is 2.45. The zero-order valence-corrected chi connectivity index (χ0v) is 13.4. The molecule has 1 aromatic rings. The highest BCUT2D eigenvalue weighted by Gasteiger charge is 2.14. The lowest BCUT2D eigenvalue weighted by Gasteiger charge is -2.11. The minimum atomic E-state index is -3.31. The third kappa shape index (κ3) is 5.68. The van der Waals surface area contributed by atoms with Crippen LogP contribution >= 0.6 is 0 Å². The van der Waals surface area contributed by atoms with Crippen LogP contribution in [0, 0.1) is 0 Å². The van der Waals surface area contributed by atoms with Crippen LogP contribution in [0.3, 0.4) is 0 Å². The van der Waals surface area contributed by atoms with E-state index in [4.69, 9.17) is 0 Å². The highest BCUT2D eigenvalue weighted by atomic mass is 32.2. The second kappa shape index (κ2) is 7.94. The smallest absolute Gasteiger partial charge is 0.269 e.